The molecule has 2 aliphatic rings. The Morgan fingerprint density at radius 3 is 2.79 bits per heavy atom. The minimum Gasteiger partial charge on any atom is -0.493 e. The topological polar surface area (TPSA) is 58.8 Å². The number of ether oxygens (including phenoxy) is 1. The molecule has 0 radical (unpaired) electrons. The van der Waals surface area contributed by atoms with Crippen molar-refractivity contribution in [3.8, 4) is 5.75 Å². The van der Waals surface area contributed by atoms with Gasteiger partial charge in [0.25, 0.3) is 5.91 Å². The molecule has 1 saturated heterocycles. The van der Waals surface area contributed by atoms with Crippen molar-refractivity contribution in [2.24, 2.45) is 0 Å². The number of hydrogen-bond acceptors (Lipinski definition) is 5. The van der Waals surface area contributed by atoms with E-state index in [-0.39, 0.29) is 17.5 Å². The van der Waals surface area contributed by atoms with Gasteiger partial charge >= 0.3 is 0 Å². The molecule has 1 fully saturated rings. The van der Waals surface area contributed by atoms with Crippen LogP contribution in [0.3, 0.4) is 0 Å². The van der Waals surface area contributed by atoms with Gasteiger partial charge in [0.1, 0.15) is 17.4 Å². The summed E-state index contributed by atoms with van der Waals surface area (Å²) >= 11 is 0. The number of piperidine rings is 1. The van der Waals surface area contributed by atoms with Crippen molar-refractivity contribution < 1.29 is 22.8 Å². The van der Waals surface area contributed by atoms with E-state index in [0.717, 1.165) is 50.0 Å². The van der Waals surface area contributed by atoms with Crippen molar-refractivity contribution in [3.63, 3.8) is 0 Å². The fourth-order valence-corrected chi connectivity index (χ4v) is 4.86. The first-order valence-electron chi connectivity index (χ1n) is 11.5. The molecule has 0 spiro atoms. The van der Waals surface area contributed by atoms with Crippen LogP contribution in [0.4, 0.5) is 8.78 Å². The molecule has 8 heteroatoms. The number of rotatable bonds is 6. The van der Waals surface area contributed by atoms with Gasteiger partial charge in [-0.15, -0.1) is 0 Å². The first-order chi connectivity index (χ1) is 16.0. The number of carbonyl (C=O) groups is 1. The second-order valence-corrected chi connectivity index (χ2v) is 8.93. The van der Waals surface area contributed by atoms with E-state index in [1.165, 1.54) is 18.2 Å². The van der Waals surface area contributed by atoms with Crippen LogP contribution in [-0.4, -0.2) is 60.7 Å². The van der Waals surface area contributed by atoms with Crippen molar-refractivity contribution >= 4 is 16.9 Å². The van der Waals surface area contributed by atoms with E-state index in [4.69, 9.17) is 9.26 Å². The zero-order valence-electron chi connectivity index (χ0n) is 18.7. The van der Waals surface area contributed by atoms with Crippen molar-refractivity contribution in [3.05, 3.63) is 58.8 Å². The Morgan fingerprint density at radius 1 is 1.15 bits per heavy atom. The highest BCUT2D eigenvalue weighted by molar-refractivity contribution is 5.97. The number of halogens is 2. The Hall–Kier alpha value is -3.00. The third-order valence-electron chi connectivity index (χ3n) is 6.77. The summed E-state index contributed by atoms with van der Waals surface area (Å²) in [7, 11) is 1.73. The Balaban J connectivity index is 1.11. The first kappa shape index (κ1) is 21.8. The van der Waals surface area contributed by atoms with Crippen LogP contribution in [-0.2, 0) is 6.42 Å². The van der Waals surface area contributed by atoms with E-state index in [2.05, 4.69) is 10.1 Å². The van der Waals surface area contributed by atoms with Gasteiger partial charge in [0.15, 0.2) is 5.58 Å². The molecule has 0 saturated carbocycles. The van der Waals surface area contributed by atoms with Crippen LogP contribution in [0.15, 0.2) is 34.9 Å². The van der Waals surface area contributed by atoms with E-state index in [1.807, 2.05) is 0 Å². The lowest BCUT2D eigenvalue weighted by Crippen LogP contribution is -2.35. The number of benzene rings is 2. The second kappa shape index (κ2) is 9.09. The number of likely N-dealkylation sites (tertiary alicyclic amines) is 1. The minimum absolute atomic E-state index is 0.159. The van der Waals surface area contributed by atoms with Gasteiger partial charge in [0, 0.05) is 54.7 Å². The molecule has 2 aliphatic heterocycles. The zero-order valence-corrected chi connectivity index (χ0v) is 18.7. The molecule has 0 bridgehead atoms. The molecule has 2 aromatic carbocycles. The fraction of sp³-hybridized carbons (Fsp3) is 0.440. The van der Waals surface area contributed by atoms with Crippen LogP contribution in [0.1, 0.15) is 46.8 Å². The molecule has 0 atom stereocenters. The number of hydrogen-bond donors (Lipinski definition) is 0. The van der Waals surface area contributed by atoms with E-state index in [1.54, 1.807) is 24.1 Å². The molecule has 174 valence electrons. The highest BCUT2D eigenvalue weighted by atomic mass is 19.1. The van der Waals surface area contributed by atoms with Crippen molar-refractivity contribution in [1.29, 1.82) is 0 Å². The standard InChI is InChI=1S/C25H27F2N3O3/c1-29-9-7-19-21(25(29)31)14-18(15-22(19)27)32-12-2-8-30-10-5-16(6-11-30)24-20-4-3-17(26)13-23(20)33-28-24/h3-4,13-16H,2,5-12H2,1H3. The third kappa shape index (κ3) is 4.44. The molecule has 0 N–H and O–H groups in total. The maximum atomic E-state index is 14.4. The molecular formula is C25H27F2N3O3. The Bertz CT molecular complexity index is 1170. The molecule has 1 amide bonds. The summed E-state index contributed by atoms with van der Waals surface area (Å²) in [5.41, 5.74) is 2.31. The number of likely N-dealkylation sites (N-methyl/N-ethyl adjacent to an activating group) is 1. The average molecular weight is 456 g/mol. The van der Waals surface area contributed by atoms with Gasteiger partial charge in [-0.25, -0.2) is 8.78 Å². The lowest BCUT2D eigenvalue weighted by atomic mass is 9.91. The summed E-state index contributed by atoms with van der Waals surface area (Å²) in [5, 5.41) is 5.10. The summed E-state index contributed by atoms with van der Waals surface area (Å²) in [6.45, 7) is 3.75. The third-order valence-corrected chi connectivity index (χ3v) is 6.77. The highest BCUT2D eigenvalue weighted by Crippen LogP contribution is 2.33. The van der Waals surface area contributed by atoms with Gasteiger partial charge in [-0.1, -0.05) is 5.16 Å². The maximum Gasteiger partial charge on any atom is 0.254 e. The van der Waals surface area contributed by atoms with Gasteiger partial charge in [-0.2, -0.15) is 0 Å². The Labute approximate surface area is 191 Å². The number of aromatic nitrogens is 1. The van der Waals surface area contributed by atoms with E-state index >= 15 is 0 Å². The molecule has 6 nitrogen and oxygen atoms in total. The van der Waals surface area contributed by atoms with Crippen LogP contribution < -0.4 is 4.74 Å². The normalized spacial score (nSPS) is 17.5. The zero-order chi connectivity index (χ0) is 22.9. The molecule has 0 aliphatic carbocycles. The van der Waals surface area contributed by atoms with E-state index in [9.17, 15) is 13.6 Å². The SMILES string of the molecule is CN1CCc2c(F)cc(OCCCN3CCC(c4noc5cc(F)ccc45)CC3)cc2C1=O. The smallest absolute Gasteiger partial charge is 0.254 e. The van der Waals surface area contributed by atoms with Gasteiger partial charge in [0.2, 0.25) is 0 Å². The molecule has 3 aromatic rings. The van der Waals surface area contributed by atoms with Gasteiger partial charge in [-0.3, -0.25) is 4.79 Å². The number of fused-ring (bicyclic) bond motifs is 2. The van der Waals surface area contributed by atoms with Crippen LogP contribution in [0.25, 0.3) is 11.0 Å². The van der Waals surface area contributed by atoms with Crippen LogP contribution in [0.2, 0.25) is 0 Å². The van der Waals surface area contributed by atoms with Crippen molar-refractivity contribution in [2.75, 3.05) is 39.8 Å². The number of nitrogens with zero attached hydrogens (tertiary/aromatic N) is 3. The van der Waals surface area contributed by atoms with E-state index in [0.29, 0.717) is 47.9 Å². The lowest BCUT2D eigenvalue weighted by Gasteiger charge is -2.31. The quantitative estimate of drug-likeness (QED) is 0.517. The molecule has 33 heavy (non-hydrogen) atoms. The summed E-state index contributed by atoms with van der Waals surface area (Å²) < 4.78 is 38.9. The van der Waals surface area contributed by atoms with Gasteiger partial charge < -0.3 is 19.1 Å². The summed E-state index contributed by atoms with van der Waals surface area (Å²) in [6.07, 6.45) is 3.26. The molecule has 1 aromatic heterocycles. The number of carbonyl (C=O) groups excluding carboxylic acids is 1. The molecule has 0 unspecified atom stereocenters. The van der Waals surface area contributed by atoms with Crippen molar-refractivity contribution in [1.82, 2.24) is 15.0 Å². The second-order valence-electron chi connectivity index (χ2n) is 8.93. The molecular weight excluding hydrogens is 428 g/mol. The highest BCUT2D eigenvalue weighted by Gasteiger charge is 2.26. The van der Waals surface area contributed by atoms with Gasteiger partial charge in [0.05, 0.1) is 12.3 Å². The largest absolute Gasteiger partial charge is 0.493 e. The van der Waals surface area contributed by atoms with Crippen LogP contribution in [0.5, 0.6) is 5.75 Å². The Morgan fingerprint density at radius 2 is 1.97 bits per heavy atom. The molecule has 5 rings (SSSR count). The number of amides is 1. The summed E-state index contributed by atoms with van der Waals surface area (Å²) in [4.78, 5) is 16.3. The predicted molar refractivity (Wildman–Crippen MR) is 120 cm³/mol. The predicted octanol–water partition coefficient (Wildman–Crippen LogP) is 4.38. The fourth-order valence-electron chi connectivity index (χ4n) is 4.86. The van der Waals surface area contributed by atoms with Gasteiger partial charge in [-0.05, 0) is 57.0 Å². The first-order valence-corrected chi connectivity index (χ1v) is 11.5. The lowest BCUT2D eigenvalue weighted by molar-refractivity contribution is 0.0778. The Kier molecular flexibility index (Phi) is 6.01. The summed E-state index contributed by atoms with van der Waals surface area (Å²) in [6, 6.07) is 7.62. The summed E-state index contributed by atoms with van der Waals surface area (Å²) in [5.74, 6) is -0.136. The van der Waals surface area contributed by atoms with Crippen LogP contribution >= 0.6 is 0 Å². The van der Waals surface area contributed by atoms with E-state index < -0.39 is 0 Å². The average Bonchev–Trinajstić information content (AvgIpc) is 3.23. The molecule has 3 heterocycles. The van der Waals surface area contributed by atoms with Crippen molar-refractivity contribution in [2.45, 2.75) is 31.6 Å². The minimum atomic E-state index is -0.367. The monoisotopic (exact) mass is 455 g/mol. The van der Waals surface area contributed by atoms with Crippen LogP contribution in [0, 0.1) is 11.6 Å². The maximum absolute atomic E-state index is 14.4.